The van der Waals surface area contributed by atoms with Crippen LogP contribution in [-0.2, 0) is 5.41 Å². The predicted octanol–water partition coefficient (Wildman–Crippen LogP) is 13.6. The first-order chi connectivity index (χ1) is 24.0. The Morgan fingerprint density at radius 3 is 1.67 bits per heavy atom. The fourth-order valence-corrected chi connectivity index (χ4v) is 8.55. The van der Waals surface area contributed by atoms with Gasteiger partial charge in [-0.2, -0.15) is 0 Å². The molecule has 0 aromatic heterocycles. The van der Waals surface area contributed by atoms with Crippen LogP contribution in [0.15, 0.2) is 170 Å². The van der Waals surface area contributed by atoms with Gasteiger partial charge in [0.15, 0.2) is 0 Å². The van der Waals surface area contributed by atoms with Crippen LogP contribution in [0.4, 0.5) is 0 Å². The predicted molar refractivity (Wildman–Crippen MR) is 210 cm³/mol. The standard InChI is InChI=1S/C49H34/c1-49(2)45-25-22-33-15-7-10-18-40(33)48(45)43-24-21-34(30-46(43)49)37-26-36(31-12-4-3-5-13-31)27-38(28-37)47-41-19-11-8-16-35(41)29-44-39-17-9-6-14-32(39)20-23-42(44)47/h3-30H,1-2H3. The van der Waals surface area contributed by atoms with E-state index in [4.69, 9.17) is 0 Å². The summed E-state index contributed by atoms with van der Waals surface area (Å²) in [4.78, 5) is 0. The molecule has 0 radical (unpaired) electrons. The number of benzene rings is 9. The molecule has 9 aromatic carbocycles. The van der Waals surface area contributed by atoms with Crippen molar-refractivity contribution < 1.29 is 0 Å². The van der Waals surface area contributed by atoms with Crippen LogP contribution in [0.3, 0.4) is 0 Å². The minimum absolute atomic E-state index is 0.0997. The van der Waals surface area contributed by atoms with Crippen molar-refractivity contribution in [2.24, 2.45) is 0 Å². The number of rotatable bonds is 3. The molecule has 0 fully saturated rings. The van der Waals surface area contributed by atoms with Crippen LogP contribution in [-0.4, -0.2) is 0 Å². The smallest absolute Gasteiger partial charge is 0.0159 e. The minimum atomic E-state index is -0.0997. The first-order valence-electron chi connectivity index (χ1n) is 17.3. The summed E-state index contributed by atoms with van der Waals surface area (Å²) in [6, 6.07) is 63.3. The number of hydrogen-bond donors (Lipinski definition) is 0. The summed E-state index contributed by atoms with van der Waals surface area (Å²) in [5.74, 6) is 0. The molecule has 10 rings (SSSR count). The molecule has 0 saturated heterocycles. The molecule has 1 aliphatic carbocycles. The zero-order valence-electron chi connectivity index (χ0n) is 27.7. The molecule has 9 aromatic rings. The van der Waals surface area contributed by atoms with E-state index in [1.165, 1.54) is 98.7 Å². The van der Waals surface area contributed by atoms with Crippen molar-refractivity contribution in [1.29, 1.82) is 0 Å². The van der Waals surface area contributed by atoms with Crippen LogP contribution in [0, 0.1) is 0 Å². The molecule has 230 valence electrons. The van der Waals surface area contributed by atoms with Gasteiger partial charge in [-0.25, -0.2) is 0 Å². The van der Waals surface area contributed by atoms with Crippen LogP contribution >= 0.6 is 0 Å². The monoisotopic (exact) mass is 622 g/mol. The summed E-state index contributed by atoms with van der Waals surface area (Å²) in [5.41, 5.74) is 12.9. The van der Waals surface area contributed by atoms with Crippen molar-refractivity contribution in [3.63, 3.8) is 0 Å². The molecule has 0 bridgehead atoms. The van der Waals surface area contributed by atoms with Gasteiger partial charge in [-0.05, 0) is 129 Å². The Morgan fingerprint density at radius 2 is 0.898 bits per heavy atom. The molecule has 0 heterocycles. The third-order valence-electron chi connectivity index (χ3n) is 11.0. The van der Waals surface area contributed by atoms with Crippen LogP contribution < -0.4 is 0 Å². The lowest BCUT2D eigenvalue weighted by molar-refractivity contribution is 0.661. The van der Waals surface area contributed by atoms with E-state index in [-0.39, 0.29) is 5.41 Å². The van der Waals surface area contributed by atoms with Crippen molar-refractivity contribution in [3.05, 3.63) is 181 Å². The van der Waals surface area contributed by atoms with Gasteiger partial charge >= 0.3 is 0 Å². The van der Waals surface area contributed by atoms with Crippen LogP contribution in [0.5, 0.6) is 0 Å². The Labute approximate surface area is 286 Å². The van der Waals surface area contributed by atoms with Crippen LogP contribution in [0.2, 0.25) is 0 Å². The molecule has 0 aliphatic heterocycles. The summed E-state index contributed by atoms with van der Waals surface area (Å²) in [6.45, 7) is 4.77. The molecule has 0 atom stereocenters. The van der Waals surface area contributed by atoms with Gasteiger partial charge < -0.3 is 0 Å². The Balaban J connectivity index is 1.25. The lowest BCUT2D eigenvalue weighted by atomic mass is 9.81. The molecule has 0 N–H and O–H groups in total. The molecular weight excluding hydrogens is 589 g/mol. The van der Waals surface area contributed by atoms with Gasteiger partial charge in [-0.3, -0.25) is 0 Å². The average Bonchev–Trinajstić information content (AvgIpc) is 3.39. The highest BCUT2D eigenvalue weighted by Crippen LogP contribution is 2.52. The Hall–Kier alpha value is -5.98. The van der Waals surface area contributed by atoms with Crippen LogP contribution in [0.1, 0.15) is 25.0 Å². The fourth-order valence-electron chi connectivity index (χ4n) is 8.55. The summed E-state index contributed by atoms with van der Waals surface area (Å²) in [5, 5.41) is 10.3. The largest absolute Gasteiger partial charge is 0.0622 e. The van der Waals surface area contributed by atoms with E-state index in [2.05, 4.69) is 184 Å². The molecule has 49 heavy (non-hydrogen) atoms. The van der Waals surface area contributed by atoms with Gasteiger partial charge in [0.1, 0.15) is 0 Å². The maximum atomic E-state index is 2.46. The van der Waals surface area contributed by atoms with E-state index in [0.717, 1.165) is 0 Å². The topological polar surface area (TPSA) is 0 Å². The molecule has 0 saturated carbocycles. The quantitative estimate of drug-likeness (QED) is 0.136. The zero-order valence-corrected chi connectivity index (χ0v) is 27.7. The Morgan fingerprint density at radius 1 is 0.306 bits per heavy atom. The molecule has 0 nitrogen and oxygen atoms in total. The third-order valence-corrected chi connectivity index (χ3v) is 11.0. The SMILES string of the molecule is CC1(C)c2cc(-c3cc(-c4ccccc4)cc(-c4c5ccccc5cc5c4ccc4ccccc45)c3)ccc2-c2c1ccc1ccccc21. The maximum Gasteiger partial charge on any atom is 0.0159 e. The van der Waals surface area contributed by atoms with Crippen molar-refractivity contribution in [1.82, 2.24) is 0 Å². The summed E-state index contributed by atoms with van der Waals surface area (Å²) in [7, 11) is 0. The summed E-state index contributed by atoms with van der Waals surface area (Å²) < 4.78 is 0. The summed E-state index contributed by atoms with van der Waals surface area (Å²) >= 11 is 0. The second kappa shape index (κ2) is 10.5. The lowest BCUT2D eigenvalue weighted by Gasteiger charge is -2.22. The number of hydrogen-bond acceptors (Lipinski definition) is 0. The van der Waals surface area contributed by atoms with E-state index in [9.17, 15) is 0 Å². The first kappa shape index (κ1) is 28.1. The van der Waals surface area contributed by atoms with Crippen LogP contribution in [0.25, 0.3) is 87.6 Å². The third kappa shape index (κ3) is 4.24. The van der Waals surface area contributed by atoms with Gasteiger partial charge in [0.2, 0.25) is 0 Å². The second-order valence-corrected chi connectivity index (χ2v) is 14.1. The van der Waals surface area contributed by atoms with E-state index in [1.807, 2.05) is 0 Å². The van der Waals surface area contributed by atoms with Gasteiger partial charge in [-0.1, -0.05) is 153 Å². The second-order valence-electron chi connectivity index (χ2n) is 14.1. The van der Waals surface area contributed by atoms with Gasteiger partial charge in [0.25, 0.3) is 0 Å². The molecule has 0 spiro atoms. The molecule has 0 heteroatoms. The van der Waals surface area contributed by atoms with Crippen molar-refractivity contribution in [2.75, 3.05) is 0 Å². The van der Waals surface area contributed by atoms with Crippen molar-refractivity contribution in [2.45, 2.75) is 19.3 Å². The normalized spacial score (nSPS) is 13.3. The Kier molecular flexibility index (Phi) is 6.02. The molecule has 1 aliphatic rings. The van der Waals surface area contributed by atoms with Gasteiger partial charge in [-0.15, -0.1) is 0 Å². The maximum absolute atomic E-state index is 2.46. The van der Waals surface area contributed by atoms with Crippen molar-refractivity contribution in [3.8, 4) is 44.5 Å². The summed E-state index contributed by atoms with van der Waals surface area (Å²) in [6.07, 6.45) is 0. The number of fused-ring (bicyclic) bond motifs is 9. The van der Waals surface area contributed by atoms with Crippen molar-refractivity contribution >= 4 is 43.1 Å². The van der Waals surface area contributed by atoms with E-state index in [0.29, 0.717) is 0 Å². The highest BCUT2D eigenvalue weighted by atomic mass is 14.4. The van der Waals surface area contributed by atoms with E-state index < -0.39 is 0 Å². The zero-order chi connectivity index (χ0) is 32.7. The molecule has 0 amide bonds. The Bertz CT molecular complexity index is 2780. The van der Waals surface area contributed by atoms with Gasteiger partial charge in [0, 0.05) is 5.41 Å². The average molecular weight is 623 g/mol. The van der Waals surface area contributed by atoms with E-state index in [1.54, 1.807) is 0 Å². The highest BCUT2D eigenvalue weighted by Gasteiger charge is 2.36. The van der Waals surface area contributed by atoms with Gasteiger partial charge in [0.05, 0.1) is 0 Å². The lowest BCUT2D eigenvalue weighted by Crippen LogP contribution is -2.15. The van der Waals surface area contributed by atoms with E-state index >= 15 is 0 Å². The fraction of sp³-hybridized carbons (Fsp3) is 0.0612. The minimum Gasteiger partial charge on any atom is -0.0622 e. The highest BCUT2D eigenvalue weighted by molar-refractivity contribution is 6.20. The first-order valence-corrected chi connectivity index (χ1v) is 17.3. The molecule has 0 unspecified atom stereocenters. The molecular formula is C49H34.